The second-order valence-electron chi connectivity index (χ2n) is 12.6. The molecule has 230 valence electrons. The quantitative estimate of drug-likeness (QED) is 0.331. The molecule has 0 aliphatic carbocycles. The van der Waals surface area contributed by atoms with Crippen molar-refractivity contribution in [3.63, 3.8) is 0 Å². The number of fused-ring (bicyclic) bond motifs is 1. The maximum Gasteiger partial charge on any atom is 0.325 e. The molecule has 1 aromatic heterocycles. The Labute approximate surface area is 249 Å². The van der Waals surface area contributed by atoms with Gasteiger partial charge in [-0.3, -0.25) is 9.69 Å². The van der Waals surface area contributed by atoms with Gasteiger partial charge in [0.2, 0.25) is 0 Å². The number of anilines is 1. The number of halogens is 1. The second-order valence-corrected chi connectivity index (χ2v) is 12.6. The molecule has 0 unspecified atom stereocenters. The summed E-state index contributed by atoms with van der Waals surface area (Å²) in [6.07, 6.45) is 9.00. The van der Waals surface area contributed by atoms with Crippen LogP contribution in [0.3, 0.4) is 0 Å². The number of nitrogens with zero attached hydrogens (tertiary/aromatic N) is 3. The summed E-state index contributed by atoms with van der Waals surface area (Å²) in [5, 5.41) is 13.8. The highest BCUT2D eigenvalue weighted by Gasteiger charge is 2.39. The van der Waals surface area contributed by atoms with Gasteiger partial charge in [-0.2, -0.15) is 0 Å². The minimum Gasteiger partial charge on any atom is -0.493 e. The zero-order chi connectivity index (χ0) is 29.7. The van der Waals surface area contributed by atoms with Crippen molar-refractivity contribution >= 4 is 11.8 Å². The molecule has 8 nitrogen and oxygen atoms in total. The van der Waals surface area contributed by atoms with Crippen LogP contribution < -0.4 is 10.1 Å². The molecule has 5 rings (SSSR count). The van der Waals surface area contributed by atoms with Crippen molar-refractivity contribution in [2.24, 2.45) is 0 Å². The van der Waals surface area contributed by atoms with Gasteiger partial charge in [0.25, 0.3) is 0 Å². The fourth-order valence-corrected chi connectivity index (χ4v) is 6.88. The Morgan fingerprint density at radius 3 is 2.86 bits per heavy atom. The zero-order valence-electron chi connectivity index (χ0n) is 25.5. The Balaban J connectivity index is 1.17. The number of benzene rings is 1. The molecule has 1 aromatic carbocycles. The van der Waals surface area contributed by atoms with Crippen molar-refractivity contribution in [1.82, 2.24) is 14.8 Å². The molecular formula is C33H47FN4O4. The molecule has 2 fully saturated rings. The van der Waals surface area contributed by atoms with Crippen LogP contribution in [0.25, 0.3) is 0 Å². The van der Waals surface area contributed by atoms with Crippen molar-refractivity contribution in [1.29, 1.82) is 0 Å². The summed E-state index contributed by atoms with van der Waals surface area (Å²) in [6.45, 7) is 6.58. The maximum atomic E-state index is 15.4. The molecule has 3 aliphatic heterocycles. The van der Waals surface area contributed by atoms with Crippen LogP contribution in [0.5, 0.6) is 5.75 Å². The van der Waals surface area contributed by atoms with Crippen LogP contribution in [0.1, 0.15) is 80.3 Å². The van der Waals surface area contributed by atoms with Crippen LogP contribution in [0.2, 0.25) is 0 Å². The third kappa shape index (κ3) is 6.90. The van der Waals surface area contributed by atoms with Crippen molar-refractivity contribution in [2.45, 2.75) is 82.2 Å². The predicted octanol–water partition coefficient (Wildman–Crippen LogP) is 5.20. The van der Waals surface area contributed by atoms with Gasteiger partial charge in [-0.1, -0.05) is 19.4 Å². The molecule has 0 saturated carbocycles. The van der Waals surface area contributed by atoms with Gasteiger partial charge in [-0.05, 0) is 99.7 Å². The van der Waals surface area contributed by atoms with Crippen LogP contribution in [-0.4, -0.2) is 85.5 Å². The smallest absolute Gasteiger partial charge is 0.325 e. The van der Waals surface area contributed by atoms with E-state index in [-0.39, 0.29) is 17.2 Å². The fraction of sp³-hybridized carbons (Fsp3) is 0.636. The number of aliphatic carboxylic acids is 1. The van der Waals surface area contributed by atoms with Crippen molar-refractivity contribution < 1.29 is 23.8 Å². The number of methoxy groups -OCH3 is 1. The number of ether oxygens (including phenoxy) is 2. The summed E-state index contributed by atoms with van der Waals surface area (Å²) in [5.74, 6) is -0.383. The lowest BCUT2D eigenvalue weighted by atomic mass is 9.75. The predicted molar refractivity (Wildman–Crippen MR) is 162 cm³/mol. The van der Waals surface area contributed by atoms with Gasteiger partial charge in [-0.15, -0.1) is 0 Å². The fourth-order valence-electron chi connectivity index (χ4n) is 6.88. The number of nitrogens with one attached hydrogen (secondary N) is 1. The van der Waals surface area contributed by atoms with E-state index >= 15 is 4.39 Å². The number of aromatic nitrogens is 1. The molecule has 0 bridgehead atoms. The Hall–Kier alpha value is -2.75. The lowest BCUT2D eigenvalue weighted by Crippen LogP contribution is -2.38. The van der Waals surface area contributed by atoms with E-state index in [1.807, 2.05) is 11.0 Å². The van der Waals surface area contributed by atoms with Crippen LogP contribution in [0.15, 0.2) is 24.3 Å². The maximum absolute atomic E-state index is 15.4. The van der Waals surface area contributed by atoms with E-state index in [4.69, 9.17) is 14.5 Å². The number of likely N-dealkylation sites (N-methyl/N-ethyl adjacent to an activating group) is 1. The molecule has 0 amide bonds. The number of unbranched alkanes of at least 4 members (excludes halogenated alkanes) is 2. The third-order valence-corrected chi connectivity index (χ3v) is 9.68. The van der Waals surface area contributed by atoms with Crippen LogP contribution in [-0.2, 0) is 27.8 Å². The van der Waals surface area contributed by atoms with Crippen LogP contribution >= 0.6 is 0 Å². The van der Waals surface area contributed by atoms with E-state index < -0.39 is 17.8 Å². The molecule has 4 heterocycles. The molecule has 2 N–H and O–H groups in total. The number of carboxylic acids is 1. The number of aryl methyl sites for hydroxylation is 2. The number of likely N-dealkylation sites (tertiary alicyclic amines) is 1. The average molecular weight is 583 g/mol. The summed E-state index contributed by atoms with van der Waals surface area (Å²) in [5.41, 5.74) is 3.45. The molecule has 2 atom stereocenters. The summed E-state index contributed by atoms with van der Waals surface area (Å²) in [7, 11) is 3.54. The zero-order valence-corrected chi connectivity index (χ0v) is 25.5. The van der Waals surface area contributed by atoms with Gasteiger partial charge in [-0.25, -0.2) is 9.37 Å². The average Bonchev–Trinajstić information content (AvgIpc) is 3.47. The van der Waals surface area contributed by atoms with Gasteiger partial charge in [0.05, 0.1) is 7.11 Å². The summed E-state index contributed by atoms with van der Waals surface area (Å²) >= 11 is 0. The van der Waals surface area contributed by atoms with Crippen molar-refractivity contribution in [3.05, 3.63) is 52.5 Å². The Bertz CT molecular complexity index is 1230. The van der Waals surface area contributed by atoms with Crippen molar-refractivity contribution in [2.75, 3.05) is 58.9 Å². The van der Waals surface area contributed by atoms with Gasteiger partial charge in [0.1, 0.15) is 11.9 Å². The van der Waals surface area contributed by atoms with E-state index in [2.05, 4.69) is 36.3 Å². The van der Waals surface area contributed by atoms with Gasteiger partial charge in [0.15, 0.2) is 11.6 Å². The lowest BCUT2D eigenvalue weighted by Gasteiger charge is -2.35. The molecular weight excluding hydrogens is 535 g/mol. The first kappa shape index (κ1) is 30.7. The van der Waals surface area contributed by atoms with E-state index in [0.29, 0.717) is 31.9 Å². The molecule has 0 radical (unpaired) electrons. The molecule has 9 heteroatoms. The first-order valence-corrected chi connectivity index (χ1v) is 15.6. The summed E-state index contributed by atoms with van der Waals surface area (Å²) < 4.78 is 26.3. The third-order valence-electron chi connectivity index (χ3n) is 9.68. The standard InChI is InChI=1S/C33H47FN4O4/c1-33(13-18-42-19-14-33)24-20-27(30(41-3)28(34)21-24)29(32(39)40)38-17-12-26(22-38)37(2)16-6-4-5-9-25-11-10-23-8-7-15-35-31(23)36-25/h10-11,20-21,26,29H,4-9,12-19,22H2,1-3H3,(H,35,36)(H,39,40)/t26-,29-/m1/s1. The minimum absolute atomic E-state index is 0.0304. The number of hydrogen-bond donors (Lipinski definition) is 2. The number of pyridine rings is 1. The number of hydrogen-bond acceptors (Lipinski definition) is 7. The largest absolute Gasteiger partial charge is 0.493 e. The van der Waals surface area contributed by atoms with Gasteiger partial charge >= 0.3 is 5.97 Å². The van der Waals surface area contributed by atoms with Crippen molar-refractivity contribution in [3.8, 4) is 5.75 Å². The van der Waals surface area contributed by atoms with Crippen LogP contribution in [0, 0.1) is 5.82 Å². The number of rotatable bonds is 12. The van der Waals surface area contributed by atoms with E-state index in [9.17, 15) is 9.90 Å². The Kier molecular flexibility index (Phi) is 10.0. The molecule has 2 saturated heterocycles. The van der Waals surface area contributed by atoms with E-state index in [1.54, 1.807) is 0 Å². The number of carboxylic acid groups (broad SMARTS) is 1. The topological polar surface area (TPSA) is 87.2 Å². The molecule has 0 spiro atoms. The highest BCUT2D eigenvalue weighted by Crippen LogP contribution is 2.41. The van der Waals surface area contributed by atoms with Gasteiger partial charge in [0, 0.05) is 50.1 Å². The highest BCUT2D eigenvalue weighted by atomic mass is 19.1. The van der Waals surface area contributed by atoms with Gasteiger partial charge < -0.3 is 24.8 Å². The molecule has 2 aromatic rings. The highest BCUT2D eigenvalue weighted by molar-refractivity contribution is 5.77. The first-order chi connectivity index (χ1) is 20.3. The normalized spacial score (nSPS) is 21.1. The summed E-state index contributed by atoms with van der Waals surface area (Å²) in [6, 6.07) is 7.08. The molecule has 42 heavy (non-hydrogen) atoms. The monoisotopic (exact) mass is 582 g/mol. The number of carbonyl (C=O) groups is 1. The second kappa shape index (κ2) is 13.7. The minimum atomic E-state index is -0.976. The van der Waals surface area contributed by atoms with E-state index in [0.717, 1.165) is 81.5 Å². The first-order valence-electron chi connectivity index (χ1n) is 15.6. The van der Waals surface area contributed by atoms with E-state index in [1.165, 1.54) is 25.2 Å². The SMILES string of the molecule is COc1c(F)cc(C2(C)CCOCC2)cc1[C@H](C(=O)O)N1CC[C@@H](N(C)CCCCCc2ccc3c(n2)NCCC3)C1. The molecule has 3 aliphatic rings. The Morgan fingerprint density at radius 2 is 2.10 bits per heavy atom. The van der Waals surface area contributed by atoms with Crippen LogP contribution in [0.4, 0.5) is 10.2 Å². The lowest BCUT2D eigenvalue weighted by molar-refractivity contribution is -0.143. The summed E-state index contributed by atoms with van der Waals surface area (Å²) in [4.78, 5) is 21.8. The Morgan fingerprint density at radius 1 is 1.29 bits per heavy atom.